The maximum atomic E-state index is 13.5. The second-order valence-electron chi connectivity index (χ2n) is 7.24. The van der Waals surface area contributed by atoms with Crippen LogP contribution in [0.3, 0.4) is 0 Å². The van der Waals surface area contributed by atoms with E-state index in [0.29, 0.717) is 43.9 Å². The van der Waals surface area contributed by atoms with Crippen LogP contribution in [0.15, 0.2) is 41.5 Å². The van der Waals surface area contributed by atoms with E-state index in [1.165, 1.54) is 16.7 Å². The molecular formula is C21H26FN5O3. The van der Waals surface area contributed by atoms with Crippen molar-refractivity contribution in [1.29, 1.82) is 0 Å². The lowest BCUT2D eigenvalue weighted by Gasteiger charge is -2.08. The average molecular weight is 415 g/mol. The minimum absolute atomic E-state index is 0.0261. The molecule has 1 N–H and O–H groups in total. The highest BCUT2D eigenvalue weighted by atomic mass is 19.1. The third-order valence-corrected chi connectivity index (χ3v) is 4.53. The number of hydrogen-bond acceptors (Lipinski definition) is 5. The van der Waals surface area contributed by atoms with Gasteiger partial charge in [-0.15, -0.1) is 10.2 Å². The molecule has 0 unspecified atom stereocenters. The van der Waals surface area contributed by atoms with Gasteiger partial charge in [0, 0.05) is 38.4 Å². The standard InChI is InChI=1S/C21H26FN5O3/c1-15(2)30-13-5-10-23-19(28)9-4-8-18-24-25-20-21(29)26(11-12-27(18)20)17-7-3-6-16(22)14-17/h3,6-7,11-12,14-15H,4-5,8-10,13H2,1-2H3,(H,23,28). The van der Waals surface area contributed by atoms with Crippen LogP contribution in [0.4, 0.5) is 4.39 Å². The molecule has 3 rings (SSSR count). The van der Waals surface area contributed by atoms with E-state index in [-0.39, 0.29) is 23.2 Å². The van der Waals surface area contributed by atoms with Crippen LogP contribution in [0.1, 0.15) is 38.9 Å². The number of benzene rings is 1. The maximum absolute atomic E-state index is 13.5. The summed E-state index contributed by atoms with van der Waals surface area (Å²) in [5, 5.41) is 10.9. The fourth-order valence-corrected chi connectivity index (χ4v) is 3.05. The zero-order valence-electron chi connectivity index (χ0n) is 17.2. The molecule has 9 heteroatoms. The summed E-state index contributed by atoms with van der Waals surface area (Å²) in [4.78, 5) is 24.6. The first-order valence-corrected chi connectivity index (χ1v) is 10.0. The molecule has 8 nitrogen and oxygen atoms in total. The van der Waals surface area contributed by atoms with Crippen LogP contribution < -0.4 is 10.9 Å². The van der Waals surface area contributed by atoms with Crippen molar-refractivity contribution in [2.24, 2.45) is 0 Å². The number of ether oxygens (including phenoxy) is 1. The Hall–Kier alpha value is -3.07. The Morgan fingerprint density at radius 1 is 1.23 bits per heavy atom. The van der Waals surface area contributed by atoms with Crippen LogP contribution in [0.5, 0.6) is 0 Å². The fourth-order valence-electron chi connectivity index (χ4n) is 3.05. The largest absolute Gasteiger partial charge is 0.379 e. The van der Waals surface area contributed by atoms with Gasteiger partial charge in [0.25, 0.3) is 0 Å². The minimum Gasteiger partial charge on any atom is -0.379 e. The number of nitrogens with one attached hydrogen (secondary N) is 1. The third kappa shape index (κ3) is 5.50. The van der Waals surface area contributed by atoms with Crippen molar-refractivity contribution in [3.8, 4) is 5.69 Å². The van der Waals surface area contributed by atoms with E-state index >= 15 is 0 Å². The normalized spacial score (nSPS) is 11.3. The summed E-state index contributed by atoms with van der Waals surface area (Å²) < 4.78 is 21.8. The molecule has 0 atom stereocenters. The number of carbonyl (C=O) groups excluding carboxylic acids is 1. The first kappa shape index (κ1) is 21.6. The Morgan fingerprint density at radius 3 is 2.83 bits per heavy atom. The van der Waals surface area contributed by atoms with Crippen molar-refractivity contribution in [3.05, 3.63) is 58.7 Å². The van der Waals surface area contributed by atoms with Crippen LogP contribution in [-0.4, -0.2) is 44.3 Å². The molecule has 160 valence electrons. The molecule has 0 aliphatic carbocycles. The Balaban J connectivity index is 1.56. The second-order valence-corrected chi connectivity index (χ2v) is 7.24. The molecule has 0 saturated carbocycles. The summed E-state index contributed by atoms with van der Waals surface area (Å²) in [6, 6.07) is 5.78. The van der Waals surface area contributed by atoms with E-state index in [2.05, 4.69) is 15.5 Å². The zero-order valence-corrected chi connectivity index (χ0v) is 17.2. The molecular weight excluding hydrogens is 389 g/mol. The number of aromatic nitrogens is 4. The second kappa shape index (κ2) is 10.1. The lowest BCUT2D eigenvalue weighted by atomic mass is 10.2. The number of fused-ring (bicyclic) bond motifs is 1. The summed E-state index contributed by atoms with van der Waals surface area (Å²) in [6.07, 6.45) is 5.65. The molecule has 0 aliphatic heterocycles. The molecule has 2 heterocycles. The third-order valence-electron chi connectivity index (χ3n) is 4.53. The summed E-state index contributed by atoms with van der Waals surface area (Å²) in [5.41, 5.74) is 0.192. The molecule has 1 aromatic carbocycles. The Labute approximate surface area is 173 Å². The first-order chi connectivity index (χ1) is 14.5. The predicted octanol–water partition coefficient (Wildman–Crippen LogP) is 2.27. The van der Waals surface area contributed by atoms with Gasteiger partial charge in [0.05, 0.1) is 11.8 Å². The van der Waals surface area contributed by atoms with Gasteiger partial charge < -0.3 is 10.1 Å². The Bertz CT molecular complexity index is 1060. The fraction of sp³-hybridized carbons (Fsp3) is 0.429. The maximum Gasteiger partial charge on any atom is 0.300 e. The van der Waals surface area contributed by atoms with E-state index in [4.69, 9.17) is 4.74 Å². The van der Waals surface area contributed by atoms with E-state index < -0.39 is 5.82 Å². The summed E-state index contributed by atoms with van der Waals surface area (Å²) in [5.74, 6) is 0.153. The van der Waals surface area contributed by atoms with E-state index in [1.54, 1.807) is 28.9 Å². The van der Waals surface area contributed by atoms with Crippen LogP contribution in [0.2, 0.25) is 0 Å². The molecule has 30 heavy (non-hydrogen) atoms. The number of carbonyl (C=O) groups is 1. The lowest BCUT2D eigenvalue weighted by Crippen LogP contribution is -2.25. The zero-order chi connectivity index (χ0) is 21.5. The topological polar surface area (TPSA) is 90.5 Å². The van der Waals surface area contributed by atoms with Crippen LogP contribution in [0, 0.1) is 5.82 Å². The van der Waals surface area contributed by atoms with Gasteiger partial charge in [0.1, 0.15) is 11.6 Å². The molecule has 0 aliphatic rings. The van der Waals surface area contributed by atoms with Gasteiger partial charge in [-0.25, -0.2) is 4.39 Å². The average Bonchev–Trinajstić information content (AvgIpc) is 3.12. The number of halogens is 1. The van der Waals surface area contributed by atoms with Crippen molar-refractivity contribution < 1.29 is 13.9 Å². The van der Waals surface area contributed by atoms with Crippen molar-refractivity contribution in [2.75, 3.05) is 13.2 Å². The highest BCUT2D eigenvalue weighted by molar-refractivity contribution is 5.75. The van der Waals surface area contributed by atoms with Crippen LogP contribution in [0.25, 0.3) is 11.3 Å². The van der Waals surface area contributed by atoms with E-state index in [0.717, 1.165) is 6.42 Å². The molecule has 3 aromatic rings. The number of amides is 1. The Kier molecular flexibility index (Phi) is 7.29. The van der Waals surface area contributed by atoms with Gasteiger partial charge in [-0.05, 0) is 44.9 Å². The quantitative estimate of drug-likeness (QED) is 0.513. The monoisotopic (exact) mass is 415 g/mol. The predicted molar refractivity (Wildman–Crippen MR) is 110 cm³/mol. The van der Waals surface area contributed by atoms with Gasteiger partial charge in [-0.2, -0.15) is 0 Å². The SMILES string of the molecule is CC(C)OCCCNC(=O)CCCc1nnc2c(=O)n(-c3cccc(F)c3)ccn12. The van der Waals surface area contributed by atoms with E-state index in [1.807, 2.05) is 13.8 Å². The molecule has 0 spiro atoms. The molecule has 0 radical (unpaired) electrons. The molecule has 2 aromatic heterocycles. The summed E-state index contributed by atoms with van der Waals surface area (Å²) in [6.45, 7) is 5.16. The van der Waals surface area contributed by atoms with Crippen molar-refractivity contribution in [3.63, 3.8) is 0 Å². The van der Waals surface area contributed by atoms with Crippen molar-refractivity contribution in [2.45, 2.75) is 45.6 Å². The van der Waals surface area contributed by atoms with Crippen LogP contribution >= 0.6 is 0 Å². The van der Waals surface area contributed by atoms with Gasteiger partial charge in [0.2, 0.25) is 11.6 Å². The number of aryl methyl sites for hydroxylation is 1. The minimum atomic E-state index is -0.424. The highest BCUT2D eigenvalue weighted by Crippen LogP contribution is 2.09. The molecule has 0 bridgehead atoms. The van der Waals surface area contributed by atoms with Crippen molar-refractivity contribution >= 4 is 11.6 Å². The van der Waals surface area contributed by atoms with Gasteiger partial charge in [-0.3, -0.25) is 18.6 Å². The number of rotatable bonds is 10. The molecule has 1 amide bonds. The summed E-state index contributed by atoms with van der Waals surface area (Å²) in [7, 11) is 0. The van der Waals surface area contributed by atoms with Gasteiger partial charge in [0.15, 0.2) is 0 Å². The number of hydrogen-bond donors (Lipinski definition) is 1. The van der Waals surface area contributed by atoms with E-state index in [9.17, 15) is 14.0 Å². The summed E-state index contributed by atoms with van der Waals surface area (Å²) >= 11 is 0. The highest BCUT2D eigenvalue weighted by Gasteiger charge is 2.12. The smallest absolute Gasteiger partial charge is 0.300 e. The molecule has 0 fully saturated rings. The Morgan fingerprint density at radius 2 is 2.07 bits per heavy atom. The van der Waals surface area contributed by atoms with Gasteiger partial charge in [-0.1, -0.05) is 6.07 Å². The molecule has 0 saturated heterocycles. The lowest BCUT2D eigenvalue weighted by molar-refractivity contribution is -0.121. The first-order valence-electron chi connectivity index (χ1n) is 10.0. The van der Waals surface area contributed by atoms with Crippen molar-refractivity contribution in [1.82, 2.24) is 24.5 Å². The number of nitrogens with zero attached hydrogens (tertiary/aromatic N) is 4. The van der Waals surface area contributed by atoms with Gasteiger partial charge >= 0.3 is 5.56 Å². The van der Waals surface area contributed by atoms with Crippen LogP contribution in [-0.2, 0) is 16.0 Å².